The van der Waals surface area contributed by atoms with Crippen molar-refractivity contribution < 1.29 is 24.0 Å². The Bertz CT molecular complexity index is 1800. The van der Waals surface area contributed by atoms with E-state index in [0.29, 0.717) is 21.8 Å². The van der Waals surface area contributed by atoms with Gasteiger partial charge in [0.25, 0.3) is 11.6 Å². The summed E-state index contributed by atoms with van der Waals surface area (Å²) in [5.74, 6) is -0.774. The van der Waals surface area contributed by atoms with E-state index in [4.69, 9.17) is 21.1 Å². The summed E-state index contributed by atoms with van der Waals surface area (Å²) in [5.41, 5.74) is 5.74. The van der Waals surface area contributed by atoms with Crippen molar-refractivity contribution in [3.05, 3.63) is 123 Å². The molecular weight excluding hydrogens is 548 g/mol. The predicted octanol–water partition coefficient (Wildman–Crippen LogP) is 6.39. The van der Waals surface area contributed by atoms with Gasteiger partial charge in [-0.25, -0.2) is 10.2 Å². The Morgan fingerprint density at radius 1 is 0.976 bits per heavy atom. The maximum absolute atomic E-state index is 13.2. The maximum Gasteiger partial charge on any atom is 0.343 e. The van der Waals surface area contributed by atoms with Crippen LogP contribution >= 0.6 is 11.6 Å². The summed E-state index contributed by atoms with van der Waals surface area (Å²) in [7, 11) is 1.41. The Morgan fingerprint density at radius 3 is 2.44 bits per heavy atom. The largest absolute Gasteiger partial charge is 0.493 e. The molecule has 0 aliphatic heterocycles. The van der Waals surface area contributed by atoms with Gasteiger partial charge in [0.1, 0.15) is 5.69 Å². The molecule has 0 saturated heterocycles. The third-order valence-corrected chi connectivity index (χ3v) is 6.37. The minimum Gasteiger partial charge on any atom is -0.493 e. The molecule has 5 rings (SSSR count). The zero-order valence-corrected chi connectivity index (χ0v) is 22.2. The van der Waals surface area contributed by atoms with Crippen molar-refractivity contribution in [2.45, 2.75) is 0 Å². The van der Waals surface area contributed by atoms with Gasteiger partial charge in [0.2, 0.25) is 0 Å². The van der Waals surface area contributed by atoms with Gasteiger partial charge in [0.05, 0.1) is 23.8 Å². The number of aromatic nitrogens is 1. The highest BCUT2D eigenvalue weighted by Gasteiger charge is 2.19. The smallest absolute Gasteiger partial charge is 0.343 e. The van der Waals surface area contributed by atoms with Crippen LogP contribution in [-0.4, -0.2) is 35.1 Å². The molecule has 1 aromatic heterocycles. The van der Waals surface area contributed by atoms with Gasteiger partial charge in [-0.2, -0.15) is 5.10 Å². The van der Waals surface area contributed by atoms with E-state index >= 15 is 0 Å². The number of rotatable bonds is 8. The standard InChI is InChI=1S/C30H21ClN4O6/c1-40-26-15-18(7-14-25(26)41-30(37)20-8-11-22(12-9-20)35(38)39)17-32-34-29(36)28-27(19-5-3-2-4-6-19)23-16-21(31)10-13-24(23)33-28/h2-17,33H,1H3,(H,34,36). The second-order valence-corrected chi connectivity index (χ2v) is 9.17. The number of ether oxygens (including phenoxy) is 2. The molecular formula is C30H21ClN4O6. The molecule has 0 atom stereocenters. The molecule has 0 unspecified atom stereocenters. The SMILES string of the molecule is COc1cc(C=NNC(=O)c2[nH]c3ccc(Cl)cc3c2-c2ccccc2)ccc1OC(=O)c1ccc([N+](=O)[O-])cc1. The number of esters is 1. The molecule has 0 aliphatic carbocycles. The number of carbonyl (C=O) groups excluding carboxylic acids is 2. The molecule has 0 spiro atoms. The van der Waals surface area contributed by atoms with Crippen LogP contribution in [0.25, 0.3) is 22.0 Å². The summed E-state index contributed by atoms with van der Waals surface area (Å²) >= 11 is 6.23. The third-order valence-electron chi connectivity index (χ3n) is 6.13. The highest BCUT2D eigenvalue weighted by atomic mass is 35.5. The van der Waals surface area contributed by atoms with Crippen molar-refractivity contribution >= 4 is 46.3 Å². The van der Waals surface area contributed by atoms with E-state index in [1.54, 1.807) is 24.3 Å². The van der Waals surface area contributed by atoms with Crippen molar-refractivity contribution in [1.82, 2.24) is 10.4 Å². The number of benzene rings is 4. The molecule has 5 aromatic rings. The second kappa shape index (κ2) is 11.7. The lowest BCUT2D eigenvalue weighted by atomic mass is 10.0. The monoisotopic (exact) mass is 568 g/mol. The molecule has 11 heteroatoms. The van der Waals surface area contributed by atoms with Crippen LogP contribution in [0.3, 0.4) is 0 Å². The van der Waals surface area contributed by atoms with Gasteiger partial charge in [-0.15, -0.1) is 0 Å². The van der Waals surface area contributed by atoms with Gasteiger partial charge in [-0.1, -0.05) is 41.9 Å². The lowest BCUT2D eigenvalue weighted by Gasteiger charge is -2.10. The minimum atomic E-state index is -0.708. The van der Waals surface area contributed by atoms with Crippen LogP contribution in [0, 0.1) is 10.1 Å². The second-order valence-electron chi connectivity index (χ2n) is 8.73. The summed E-state index contributed by atoms with van der Waals surface area (Å²) in [6, 6.07) is 24.6. The first-order valence-corrected chi connectivity index (χ1v) is 12.6. The highest BCUT2D eigenvalue weighted by molar-refractivity contribution is 6.31. The molecule has 10 nitrogen and oxygen atoms in total. The van der Waals surface area contributed by atoms with Crippen LogP contribution in [0.1, 0.15) is 26.4 Å². The molecule has 0 saturated carbocycles. The Hall–Kier alpha value is -5.48. The quantitative estimate of drug-likeness (QED) is 0.0732. The fourth-order valence-corrected chi connectivity index (χ4v) is 4.36. The van der Waals surface area contributed by atoms with E-state index in [1.165, 1.54) is 43.7 Å². The van der Waals surface area contributed by atoms with Gasteiger partial charge >= 0.3 is 5.97 Å². The predicted molar refractivity (Wildman–Crippen MR) is 155 cm³/mol. The van der Waals surface area contributed by atoms with E-state index in [0.717, 1.165) is 16.5 Å². The van der Waals surface area contributed by atoms with E-state index in [2.05, 4.69) is 15.5 Å². The molecule has 0 bridgehead atoms. The number of nitrogens with one attached hydrogen (secondary N) is 2. The number of hydrogen-bond donors (Lipinski definition) is 2. The summed E-state index contributed by atoms with van der Waals surface area (Å²) < 4.78 is 10.8. The molecule has 41 heavy (non-hydrogen) atoms. The lowest BCUT2D eigenvalue weighted by molar-refractivity contribution is -0.384. The molecule has 1 heterocycles. The molecule has 0 radical (unpaired) electrons. The summed E-state index contributed by atoms with van der Waals surface area (Å²) in [6.07, 6.45) is 1.42. The Labute approximate surface area is 238 Å². The number of non-ortho nitro benzene ring substituents is 1. The normalized spacial score (nSPS) is 11.0. The van der Waals surface area contributed by atoms with E-state index in [9.17, 15) is 19.7 Å². The minimum absolute atomic E-state index is 0.139. The topological polar surface area (TPSA) is 136 Å². The number of fused-ring (bicyclic) bond motifs is 1. The number of aromatic amines is 1. The third kappa shape index (κ3) is 5.92. The molecule has 0 aliphatic rings. The number of hydrogen-bond acceptors (Lipinski definition) is 7. The number of amides is 1. The van der Waals surface area contributed by atoms with Crippen LogP contribution in [0.4, 0.5) is 5.69 Å². The van der Waals surface area contributed by atoms with Crippen LogP contribution in [0.2, 0.25) is 5.02 Å². The van der Waals surface area contributed by atoms with Crippen LogP contribution < -0.4 is 14.9 Å². The molecule has 1 amide bonds. The molecule has 4 aromatic carbocycles. The number of nitrogens with zero attached hydrogens (tertiary/aromatic N) is 2. The average molecular weight is 569 g/mol. The number of H-pyrrole nitrogens is 1. The Kier molecular flexibility index (Phi) is 7.75. The fourth-order valence-electron chi connectivity index (χ4n) is 4.19. The molecule has 0 fully saturated rings. The Balaban J connectivity index is 1.32. The van der Waals surface area contributed by atoms with Crippen molar-refractivity contribution in [3.8, 4) is 22.6 Å². The van der Waals surface area contributed by atoms with Crippen molar-refractivity contribution in [2.24, 2.45) is 5.10 Å². The highest BCUT2D eigenvalue weighted by Crippen LogP contribution is 2.34. The van der Waals surface area contributed by atoms with E-state index < -0.39 is 16.8 Å². The first-order chi connectivity index (χ1) is 19.8. The molecule has 2 N–H and O–H groups in total. The van der Waals surface area contributed by atoms with Crippen LogP contribution in [-0.2, 0) is 0 Å². The lowest BCUT2D eigenvalue weighted by Crippen LogP contribution is -2.18. The summed E-state index contributed by atoms with van der Waals surface area (Å²) in [5, 5.41) is 16.3. The number of nitro groups is 1. The van der Waals surface area contributed by atoms with Gasteiger partial charge in [0, 0.05) is 33.6 Å². The number of nitro benzene ring substituents is 1. The van der Waals surface area contributed by atoms with Gasteiger partial charge in [-0.3, -0.25) is 14.9 Å². The van der Waals surface area contributed by atoms with E-state index in [-0.39, 0.29) is 22.7 Å². The van der Waals surface area contributed by atoms with Crippen LogP contribution in [0.15, 0.2) is 96.1 Å². The van der Waals surface area contributed by atoms with Crippen molar-refractivity contribution in [3.63, 3.8) is 0 Å². The number of methoxy groups -OCH3 is 1. The molecule has 204 valence electrons. The fraction of sp³-hybridized carbons (Fsp3) is 0.0333. The van der Waals surface area contributed by atoms with Crippen LogP contribution in [0.5, 0.6) is 11.5 Å². The van der Waals surface area contributed by atoms with Gasteiger partial charge < -0.3 is 14.5 Å². The Morgan fingerprint density at radius 2 is 1.73 bits per heavy atom. The van der Waals surface area contributed by atoms with Crippen molar-refractivity contribution in [1.29, 1.82) is 0 Å². The maximum atomic E-state index is 13.2. The van der Waals surface area contributed by atoms with Crippen molar-refractivity contribution in [2.75, 3.05) is 7.11 Å². The average Bonchev–Trinajstić information content (AvgIpc) is 3.37. The first-order valence-electron chi connectivity index (χ1n) is 12.2. The number of hydrazone groups is 1. The van der Waals surface area contributed by atoms with E-state index in [1.807, 2.05) is 36.4 Å². The van der Waals surface area contributed by atoms with Gasteiger partial charge in [0.15, 0.2) is 11.5 Å². The zero-order chi connectivity index (χ0) is 28.9. The van der Waals surface area contributed by atoms with Gasteiger partial charge in [-0.05, 0) is 59.7 Å². The number of halogens is 1. The number of carbonyl (C=O) groups is 2. The summed E-state index contributed by atoms with van der Waals surface area (Å²) in [6.45, 7) is 0. The zero-order valence-electron chi connectivity index (χ0n) is 21.5. The first kappa shape index (κ1) is 27.1. The summed E-state index contributed by atoms with van der Waals surface area (Å²) in [4.78, 5) is 39.1.